The molecular formula is C16H22N2O3. The number of ether oxygens (including phenoxy) is 2. The third-order valence-electron chi connectivity index (χ3n) is 4.18. The van der Waals surface area contributed by atoms with Gasteiger partial charge < -0.3 is 20.1 Å². The smallest absolute Gasteiger partial charge is 0.257 e. The van der Waals surface area contributed by atoms with Gasteiger partial charge in [-0.15, -0.1) is 0 Å². The second kappa shape index (κ2) is 6.35. The number of piperidine rings is 1. The van der Waals surface area contributed by atoms with Crippen molar-refractivity contribution in [3.05, 3.63) is 23.8 Å². The number of carbonyl (C=O) groups is 1. The highest BCUT2D eigenvalue weighted by Crippen LogP contribution is 2.35. The molecule has 0 aliphatic carbocycles. The van der Waals surface area contributed by atoms with Crippen molar-refractivity contribution in [3.63, 3.8) is 0 Å². The fourth-order valence-corrected chi connectivity index (χ4v) is 3.13. The maximum absolute atomic E-state index is 12.8. The van der Waals surface area contributed by atoms with Crippen LogP contribution in [0.4, 0.5) is 0 Å². The Hall–Kier alpha value is -1.75. The first-order valence-electron chi connectivity index (χ1n) is 7.67. The van der Waals surface area contributed by atoms with Gasteiger partial charge in [-0.3, -0.25) is 4.79 Å². The molecule has 2 aliphatic rings. The topological polar surface area (TPSA) is 64.8 Å². The molecule has 1 amide bonds. The molecule has 0 radical (unpaired) electrons. The van der Waals surface area contributed by atoms with Crippen molar-refractivity contribution in [1.29, 1.82) is 0 Å². The molecule has 2 aliphatic heterocycles. The van der Waals surface area contributed by atoms with Crippen LogP contribution in [-0.2, 0) is 0 Å². The SMILES string of the molecule is NCCC1CCCN(C(=O)c2cccc3c2OCCO3)C1. The van der Waals surface area contributed by atoms with E-state index in [1.54, 1.807) is 0 Å². The zero-order chi connectivity index (χ0) is 14.7. The summed E-state index contributed by atoms with van der Waals surface area (Å²) >= 11 is 0. The van der Waals surface area contributed by atoms with Crippen molar-refractivity contribution in [2.45, 2.75) is 19.3 Å². The molecule has 1 aromatic rings. The van der Waals surface area contributed by atoms with Gasteiger partial charge in [0.2, 0.25) is 0 Å². The number of rotatable bonds is 3. The Kier molecular flexibility index (Phi) is 4.29. The van der Waals surface area contributed by atoms with Crippen molar-refractivity contribution in [3.8, 4) is 11.5 Å². The van der Waals surface area contributed by atoms with E-state index in [1.807, 2.05) is 23.1 Å². The van der Waals surface area contributed by atoms with Gasteiger partial charge >= 0.3 is 0 Å². The van der Waals surface area contributed by atoms with Gasteiger partial charge in [0.1, 0.15) is 13.2 Å². The number of nitrogens with two attached hydrogens (primary N) is 1. The summed E-state index contributed by atoms with van der Waals surface area (Å²) in [6.07, 6.45) is 3.19. The Bertz CT molecular complexity index is 516. The summed E-state index contributed by atoms with van der Waals surface area (Å²) in [4.78, 5) is 14.7. The van der Waals surface area contributed by atoms with E-state index in [9.17, 15) is 4.79 Å². The number of fused-ring (bicyclic) bond motifs is 1. The molecule has 2 N–H and O–H groups in total. The van der Waals surface area contributed by atoms with E-state index >= 15 is 0 Å². The summed E-state index contributed by atoms with van der Waals surface area (Å²) in [5.74, 6) is 1.82. The minimum Gasteiger partial charge on any atom is -0.486 e. The highest BCUT2D eigenvalue weighted by molar-refractivity contribution is 5.98. The van der Waals surface area contributed by atoms with Gasteiger partial charge in [-0.05, 0) is 43.9 Å². The Morgan fingerprint density at radius 1 is 1.33 bits per heavy atom. The van der Waals surface area contributed by atoms with E-state index in [2.05, 4.69) is 0 Å². The van der Waals surface area contributed by atoms with Crippen LogP contribution in [0, 0.1) is 5.92 Å². The number of nitrogens with zero attached hydrogens (tertiary/aromatic N) is 1. The molecule has 2 heterocycles. The first kappa shape index (κ1) is 14.2. The fourth-order valence-electron chi connectivity index (χ4n) is 3.13. The Morgan fingerprint density at radius 3 is 3.05 bits per heavy atom. The van der Waals surface area contributed by atoms with Crippen molar-refractivity contribution < 1.29 is 14.3 Å². The van der Waals surface area contributed by atoms with Gasteiger partial charge in [-0.25, -0.2) is 0 Å². The minimum atomic E-state index is 0.0408. The average Bonchev–Trinajstić information content (AvgIpc) is 2.54. The molecule has 3 rings (SSSR count). The first-order valence-corrected chi connectivity index (χ1v) is 7.67. The largest absolute Gasteiger partial charge is 0.486 e. The van der Waals surface area contributed by atoms with Crippen LogP contribution in [0.2, 0.25) is 0 Å². The Labute approximate surface area is 125 Å². The number of amides is 1. The summed E-state index contributed by atoms with van der Waals surface area (Å²) in [5.41, 5.74) is 6.25. The lowest BCUT2D eigenvalue weighted by Crippen LogP contribution is -2.40. The number of para-hydroxylation sites is 1. The molecular weight excluding hydrogens is 268 g/mol. The van der Waals surface area contributed by atoms with Crippen LogP contribution < -0.4 is 15.2 Å². The highest BCUT2D eigenvalue weighted by Gasteiger charge is 2.28. The van der Waals surface area contributed by atoms with Crippen molar-refractivity contribution >= 4 is 5.91 Å². The third-order valence-corrected chi connectivity index (χ3v) is 4.18. The second-order valence-corrected chi connectivity index (χ2v) is 5.67. The van der Waals surface area contributed by atoms with Crippen LogP contribution >= 0.6 is 0 Å². The van der Waals surface area contributed by atoms with Gasteiger partial charge in [0.25, 0.3) is 5.91 Å². The summed E-state index contributed by atoms with van der Waals surface area (Å²) in [6, 6.07) is 5.52. The van der Waals surface area contributed by atoms with E-state index in [4.69, 9.17) is 15.2 Å². The molecule has 1 unspecified atom stereocenters. The molecule has 1 aromatic carbocycles. The molecule has 1 saturated heterocycles. The summed E-state index contributed by atoms with van der Waals surface area (Å²) in [7, 11) is 0. The molecule has 0 spiro atoms. The zero-order valence-corrected chi connectivity index (χ0v) is 12.2. The molecule has 5 heteroatoms. The van der Waals surface area contributed by atoms with Crippen LogP contribution in [0.25, 0.3) is 0 Å². The first-order chi connectivity index (χ1) is 10.3. The maximum Gasteiger partial charge on any atom is 0.257 e. The number of likely N-dealkylation sites (tertiary alicyclic amines) is 1. The Balaban J connectivity index is 1.79. The average molecular weight is 290 g/mol. The zero-order valence-electron chi connectivity index (χ0n) is 12.2. The van der Waals surface area contributed by atoms with Gasteiger partial charge in [0, 0.05) is 13.1 Å². The molecule has 0 saturated carbocycles. The highest BCUT2D eigenvalue weighted by atomic mass is 16.6. The lowest BCUT2D eigenvalue weighted by atomic mass is 9.94. The monoisotopic (exact) mass is 290 g/mol. The standard InChI is InChI=1S/C16H22N2O3/c17-7-6-12-3-2-8-18(11-12)16(19)13-4-1-5-14-15(13)21-10-9-20-14/h1,4-5,12H,2-3,6-11,17H2. The lowest BCUT2D eigenvalue weighted by molar-refractivity contribution is 0.0659. The predicted molar refractivity (Wildman–Crippen MR) is 79.7 cm³/mol. The van der Waals surface area contributed by atoms with Crippen LogP contribution in [0.3, 0.4) is 0 Å². The maximum atomic E-state index is 12.8. The fraction of sp³-hybridized carbons (Fsp3) is 0.562. The lowest BCUT2D eigenvalue weighted by Gasteiger charge is -2.33. The normalized spacial score (nSPS) is 21.2. The quantitative estimate of drug-likeness (QED) is 0.919. The second-order valence-electron chi connectivity index (χ2n) is 5.67. The molecule has 1 atom stereocenters. The van der Waals surface area contributed by atoms with Crippen LogP contribution in [0.1, 0.15) is 29.6 Å². The van der Waals surface area contributed by atoms with Crippen molar-refractivity contribution in [1.82, 2.24) is 4.90 Å². The van der Waals surface area contributed by atoms with E-state index in [0.717, 1.165) is 32.4 Å². The number of hydrogen-bond acceptors (Lipinski definition) is 4. The van der Waals surface area contributed by atoms with E-state index in [0.29, 0.717) is 42.7 Å². The Morgan fingerprint density at radius 2 is 2.19 bits per heavy atom. The van der Waals surface area contributed by atoms with Crippen LogP contribution in [-0.4, -0.2) is 43.7 Å². The molecule has 0 bridgehead atoms. The molecule has 1 fully saturated rings. The number of carbonyl (C=O) groups excluding carboxylic acids is 1. The number of hydrogen-bond donors (Lipinski definition) is 1. The van der Waals surface area contributed by atoms with Crippen molar-refractivity contribution in [2.24, 2.45) is 11.7 Å². The molecule has 0 aromatic heterocycles. The van der Waals surface area contributed by atoms with Gasteiger partial charge in [-0.1, -0.05) is 6.07 Å². The van der Waals surface area contributed by atoms with Gasteiger partial charge in [0.15, 0.2) is 11.5 Å². The van der Waals surface area contributed by atoms with E-state index in [-0.39, 0.29) is 5.91 Å². The third kappa shape index (κ3) is 2.97. The molecule has 114 valence electrons. The summed E-state index contributed by atoms with van der Waals surface area (Å²) in [5, 5.41) is 0. The van der Waals surface area contributed by atoms with Gasteiger partial charge in [0.05, 0.1) is 5.56 Å². The summed E-state index contributed by atoms with van der Waals surface area (Å²) < 4.78 is 11.2. The summed E-state index contributed by atoms with van der Waals surface area (Å²) in [6.45, 7) is 3.31. The van der Waals surface area contributed by atoms with E-state index in [1.165, 1.54) is 0 Å². The van der Waals surface area contributed by atoms with Gasteiger partial charge in [-0.2, -0.15) is 0 Å². The molecule has 5 nitrogen and oxygen atoms in total. The minimum absolute atomic E-state index is 0.0408. The van der Waals surface area contributed by atoms with Crippen molar-refractivity contribution in [2.75, 3.05) is 32.8 Å². The predicted octanol–water partition coefficient (Wildman–Crippen LogP) is 1.66. The number of benzene rings is 1. The molecule has 21 heavy (non-hydrogen) atoms. The van der Waals surface area contributed by atoms with Crippen LogP contribution in [0.15, 0.2) is 18.2 Å². The van der Waals surface area contributed by atoms with E-state index < -0.39 is 0 Å². The van der Waals surface area contributed by atoms with Crippen LogP contribution in [0.5, 0.6) is 11.5 Å².